The lowest BCUT2D eigenvalue weighted by Gasteiger charge is -1.99. The number of aromatic nitrogens is 4. The summed E-state index contributed by atoms with van der Waals surface area (Å²) in [5.41, 5.74) is 2.13. The molecule has 4 nitrogen and oxygen atoms in total. The zero-order valence-corrected chi connectivity index (χ0v) is 12.8. The molecular weight excluding hydrogens is 236 g/mol. The van der Waals surface area contributed by atoms with Crippen molar-refractivity contribution in [2.75, 3.05) is 0 Å². The third-order valence-electron chi connectivity index (χ3n) is 2.11. The third-order valence-corrected chi connectivity index (χ3v) is 2.11. The molecule has 0 fully saturated rings. The number of rotatable bonds is 1. The number of aryl methyl sites for hydroxylation is 2. The topological polar surface area (TPSA) is 51.6 Å². The summed E-state index contributed by atoms with van der Waals surface area (Å²) in [6, 6.07) is 3.82. The van der Waals surface area contributed by atoms with Crippen molar-refractivity contribution in [1.29, 1.82) is 0 Å². The molecule has 0 atom stereocenters. The normalized spacial score (nSPS) is 9.00. The van der Waals surface area contributed by atoms with Crippen LogP contribution in [0.5, 0.6) is 0 Å². The Labute approximate surface area is 116 Å². The van der Waals surface area contributed by atoms with E-state index >= 15 is 0 Å². The summed E-state index contributed by atoms with van der Waals surface area (Å²) in [5, 5.41) is 0. The van der Waals surface area contributed by atoms with Gasteiger partial charge in [0.15, 0.2) is 0 Å². The van der Waals surface area contributed by atoms with E-state index in [-0.39, 0.29) is 0 Å². The maximum absolute atomic E-state index is 4.07. The molecule has 0 unspecified atom stereocenters. The van der Waals surface area contributed by atoms with Gasteiger partial charge in [-0.15, -0.1) is 0 Å². The van der Waals surface area contributed by atoms with Crippen LogP contribution >= 0.6 is 0 Å². The van der Waals surface area contributed by atoms with Gasteiger partial charge in [0.1, 0.15) is 12.2 Å². The lowest BCUT2D eigenvalue weighted by atomic mass is 10.1. The van der Waals surface area contributed by atoms with Gasteiger partial charge in [0, 0.05) is 23.8 Å². The molecule has 0 radical (unpaired) electrons. The molecule has 2 aromatic heterocycles. The molecule has 0 saturated heterocycles. The highest BCUT2D eigenvalue weighted by molar-refractivity contribution is 5.02. The zero-order valence-electron chi connectivity index (χ0n) is 12.8. The molecule has 2 heterocycles. The maximum Gasteiger partial charge on any atom is 0.125 e. The van der Waals surface area contributed by atoms with E-state index in [4.69, 9.17) is 0 Å². The van der Waals surface area contributed by atoms with Crippen molar-refractivity contribution < 1.29 is 0 Å². The van der Waals surface area contributed by atoms with Crippen LogP contribution in [0, 0.1) is 13.8 Å². The number of nitrogens with zero attached hydrogens (tertiary/aromatic N) is 4. The molecule has 4 heteroatoms. The van der Waals surface area contributed by atoms with Crippen molar-refractivity contribution in [3.05, 3.63) is 48.1 Å². The summed E-state index contributed by atoms with van der Waals surface area (Å²) in [5.74, 6) is 1.35. The average Bonchev–Trinajstić information content (AvgIpc) is 2.42. The zero-order chi connectivity index (χ0) is 14.7. The van der Waals surface area contributed by atoms with Crippen molar-refractivity contribution in [3.8, 4) is 0 Å². The lowest BCUT2D eigenvalue weighted by molar-refractivity contribution is 0.814. The predicted molar refractivity (Wildman–Crippen MR) is 79.0 cm³/mol. The van der Waals surface area contributed by atoms with Gasteiger partial charge in [-0.1, -0.05) is 27.7 Å². The smallest absolute Gasteiger partial charge is 0.125 e. The van der Waals surface area contributed by atoms with Crippen LogP contribution in [0.25, 0.3) is 0 Å². The van der Waals surface area contributed by atoms with Gasteiger partial charge in [0.2, 0.25) is 0 Å². The van der Waals surface area contributed by atoms with Crippen molar-refractivity contribution in [2.45, 2.75) is 47.5 Å². The van der Waals surface area contributed by atoms with Gasteiger partial charge >= 0.3 is 0 Å². The molecule has 19 heavy (non-hydrogen) atoms. The Morgan fingerprint density at radius 1 is 0.947 bits per heavy atom. The van der Waals surface area contributed by atoms with E-state index in [0.29, 0.717) is 5.92 Å². The molecule has 0 aliphatic rings. The van der Waals surface area contributed by atoms with Crippen LogP contribution in [0.2, 0.25) is 0 Å². The summed E-state index contributed by atoms with van der Waals surface area (Å²) < 4.78 is 0. The Morgan fingerprint density at radius 2 is 1.63 bits per heavy atom. The maximum atomic E-state index is 4.07. The Balaban J connectivity index is 0.000000303. The van der Waals surface area contributed by atoms with Gasteiger partial charge < -0.3 is 0 Å². The van der Waals surface area contributed by atoms with Gasteiger partial charge in [-0.2, -0.15) is 0 Å². The summed E-state index contributed by atoms with van der Waals surface area (Å²) in [4.78, 5) is 15.9. The molecule has 0 aromatic carbocycles. The second-order valence-corrected chi connectivity index (χ2v) is 4.03. The van der Waals surface area contributed by atoms with E-state index < -0.39 is 0 Å². The fraction of sp³-hybridized carbons (Fsp3) is 0.467. The highest BCUT2D eigenvalue weighted by Crippen LogP contribution is 2.07. The van der Waals surface area contributed by atoms with E-state index in [0.717, 1.165) is 17.2 Å². The highest BCUT2D eigenvalue weighted by atomic mass is 14.9. The van der Waals surface area contributed by atoms with Crippen molar-refractivity contribution in [3.63, 3.8) is 0 Å². The minimum Gasteiger partial charge on any atom is -0.245 e. The van der Waals surface area contributed by atoms with Crippen LogP contribution in [-0.4, -0.2) is 19.9 Å². The van der Waals surface area contributed by atoms with Crippen LogP contribution in [0.1, 0.15) is 50.8 Å². The standard InChI is InChI=1S/C7H10N2.C6H8N2.C2H6/c1-6(2)7-3-4-8-5-9-7;1-5-3-4-7-6(2)8-5;1-2/h3-6H,1-2H3;3-4H,1-2H3;1-2H3. The summed E-state index contributed by atoms with van der Waals surface area (Å²) >= 11 is 0. The third kappa shape index (κ3) is 7.97. The van der Waals surface area contributed by atoms with Crippen LogP contribution in [0.15, 0.2) is 30.9 Å². The first-order chi connectivity index (χ1) is 9.09. The van der Waals surface area contributed by atoms with Gasteiger partial charge in [-0.25, -0.2) is 19.9 Å². The van der Waals surface area contributed by atoms with E-state index in [2.05, 4.69) is 33.8 Å². The molecule has 0 bridgehead atoms. The Morgan fingerprint density at radius 3 is 1.95 bits per heavy atom. The van der Waals surface area contributed by atoms with Gasteiger partial charge in [-0.05, 0) is 31.9 Å². The molecule has 0 aliphatic heterocycles. The molecule has 104 valence electrons. The molecule has 0 aliphatic carbocycles. The second-order valence-electron chi connectivity index (χ2n) is 4.03. The average molecular weight is 260 g/mol. The predicted octanol–water partition coefficient (Wildman–Crippen LogP) is 3.72. The van der Waals surface area contributed by atoms with Crippen LogP contribution < -0.4 is 0 Å². The fourth-order valence-corrected chi connectivity index (χ4v) is 1.22. The minimum atomic E-state index is 0.507. The Hall–Kier alpha value is -1.84. The van der Waals surface area contributed by atoms with Gasteiger partial charge in [0.05, 0.1) is 0 Å². The molecule has 2 aromatic rings. The minimum absolute atomic E-state index is 0.507. The monoisotopic (exact) mass is 260 g/mol. The molecule has 0 N–H and O–H groups in total. The largest absolute Gasteiger partial charge is 0.245 e. The molecule has 0 saturated carbocycles. The van der Waals surface area contributed by atoms with Crippen LogP contribution in [-0.2, 0) is 0 Å². The Bertz CT molecular complexity index is 424. The van der Waals surface area contributed by atoms with E-state index in [1.807, 2.05) is 39.8 Å². The Kier molecular flexibility index (Phi) is 9.14. The first-order valence-corrected chi connectivity index (χ1v) is 6.61. The van der Waals surface area contributed by atoms with E-state index in [1.54, 1.807) is 18.7 Å². The first-order valence-electron chi connectivity index (χ1n) is 6.61. The first kappa shape index (κ1) is 17.2. The van der Waals surface area contributed by atoms with Gasteiger partial charge in [-0.3, -0.25) is 0 Å². The van der Waals surface area contributed by atoms with Crippen LogP contribution in [0.3, 0.4) is 0 Å². The fourth-order valence-electron chi connectivity index (χ4n) is 1.22. The second kappa shape index (κ2) is 10.1. The number of hydrogen-bond acceptors (Lipinski definition) is 4. The van der Waals surface area contributed by atoms with Crippen molar-refractivity contribution in [1.82, 2.24) is 19.9 Å². The quantitative estimate of drug-likeness (QED) is 0.784. The number of hydrogen-bond donors (Lipinski definition) is 0. The van der Waals surface area contributed by atoms with E-state index in [9.17, 15) is 0 Å². The molecule has 2 rings (SSSR count). The lowest BCUT2D eigenvalue weighted by Crippen LogP contribution is -1.90. The summed E-state index contributed by atoms with van der Waals surface area (Å²) in [6.07, 6.45) is 5.11. The van der Waals surface area contributed by atoms with Crippen molar-refractivity contribution in [2.24, 2.45) is 0 Å². The summed E-state index contributed by atoms with van der Waals surface area (Å²) in [7, 11) is 0. The molecule has 0 amide bonds. The highest BCUT2D eigenvalue weighted by Gasteiger charge is 1.95. The van der Waals surface area contributed by atoms with Crippen LogP contribution in [0.4, 0.5) is 0 Å². The SMILES string of the molecule is CC.CC(C)c1ccncn1.Cc1ccnc(C)n1. The molecular formula is C15H24N4. The van der Waals surface area contributed by atoms with Crippen molar-refractivity contribution >= 4 is 0 Å². The molecule has 0 spiro atoms. The van der Waals surface area contributed by atoms with Gasteiger partial charge in [0.25, 0.3) is 0 Å². The van der Waals surface area contributed by atoms with E-state index in [1.165, 1.54) is 0 Å². The summed E-state index contributed by atoms with van der Waals surface area (Å²) in [6.45, 7) is 12.1.